The zero-order chi connectivity index (χ0) is 11.1. The Morgan fingerprint density at radius 3 is 2.93 bits per heavy atom. The van der Waals surface area contributed by atoms with Gasteiger partial charge in [0, 0.05) is 37.9 Å². The predicted molar refractivity (Wildman–Crippen MR) is 63.1 cm³/mol. The lowest BCUT2D eigenvalue weighted by Crippen LogP contribution is -2.38. The number of benzene rings is 1. The number of likely N-dealkylation sites (N-methyl/N-ethyl adjacent to an activating group) is 1. The molecule has 1 atom stereocenters. The van der Waals surface area contributed by atoms with Crippen molar-refractivity contribution in [3.05, 3.63) is 30.3 Å². The van der Waals surface area contributed by atoms with Crippen molar-refractivity contribution in [3.8, 4) is 0 Å². The Hall–Kier alpha value is -1.06. The van der Waals surface area contributed by atoms with Crippen molar-refractivity contribution in [2.75, 3.05) is 31.6 Å². The van der Waals surface area contributed by atoms with Gasteiger partial charge in [0.1, 0.15) is 0 Å². The third-order valence-corrected chi connectivity index (χ3v) is 2.26. The number of hydrogen-bond donors (Lipinski definition) is 2. The third kappa shape index (κ3) is 4.32. The minimum absolute atomic E-state index is 0.186. The molecule has 83 valence electrons. The van der Waals surface area contributed by atoms with Gasteiger partial charge in [-0.3, -0.25) is 0 Å². The van der Waals surface area contributed by atoms with Crippen LogP contribution in [0, 0.1) is 6.07 Å². The van der Waals surface area contributed by atoms with Crippen molar-refractivity contribution in [2.45, 2.75) is 13.0 Å². The summed E-state index contributed by atoms with van der Waals surface area (Å²) in [4.78, 5) is 2.15. The lowest BCUT2D eigenvalue weighted by molar-refractivity contribution is 0.286. The van der Waals surface area contributed by atoms with Crippen LogP contribution in [0.15, 0.2) is 24.3 Å². The minimum atomic E-state index is 0.186. The summed E-state index contributed by atoms with van der Waals surface area (Å²) in [5.74, 6) is 0. The number of nitrogens with one attached hydrogen (secondary N) is 1. The fraction of sp³-hybridized carbons (Fsp3) is 0.500. The summed E-state index contributed by atoms with van der Waals surface area (Å²) in [5, 5.41) is 11.9. The van der Waals surface area contributed by atoms with E-state index in [1.54, 1.807) is 0 Å². The first-order valence-electron chi connectivity index (χ1n) is 5.26. The van der Waals surface area contributed by atoms with Crippen LogP contribution in [0.5, 0.6) is 0 Å². The van der Waals surface area contributed by atoms with Gasteiger partial charge in [0.15, 0.2) is 0 Å². The van der Waals surface area contributed by atoms with Gasteiger partial charge in [-0.15, -0.1) is 0 Å². The molecule has 1 radical (unpaired) electrons. The van der Waals surface area contributed by atoms with Crippen molar-refractivity contribution in [1.29, 1.82) is 0 Å². The van der Waals surface area contributed by atoms with Crippen molar-refractivity contribution in [2.24, 2.45) is 0 Å². The molecule has 0 bridgehead atoms. The van der Waals surface area contributed by atoms with Crippen LogP contribution in [0.25, 0.3) is 0 Å². The predicted octanol–water partition coefficient (Wildman–Crippen LogP) is 0.893. The van der Waals surface area contributed by atoms with Crippen LogP contribution in [0.2, 0.25) is 0 Å². The first-order chi connectivity index (χ1) is 7.24. The van der Waals surface area contributed by atoms with E-state index in [1.165, 1.54) is 0 Å². The van der Waals surface area contributed by atoms with Crippen LogP contribution in [0.4, 0.5) is 5.69 Å². The van der Waals surface area contributed by atoms with E-state index in [-0.39, 0.29) is 6.61 Å². The highest BCUT2D eigenvalue weighted by Crippen LogP contribution is 2.09. The van der Waals surface area contributed by atoms with E-state index < -0.39 is 0 Å². The summed E-state index contributed by atoms with van der Waals surface area (Å²) in [5.41, 5.74) is 1.09. The molecule has 2 N–H and O–H groups in total. The molecule has 3 nitrogen and oxygen atoms in total. The summed E-state index contributed by atoms with van der Waals surface area (Å²) in [7, 11) is 2.04. The molecule has 0 aliphatic heterocycles. The topological polar surface area (TPSA) is 35.5 Å². The van der Waals surface area contributed by atoms with Crippen molar-refractivity contribution in [3.63, 3.8) is 0 Å². The molecule has 0 spiro atoms. The summed E-state index contributed by atoms with van der Waals surface area (Å²) in [6, 6.07) is 11.5. The summed E-state index contributed by atoms with van der Waals surface area (Å²) < 4.78 is 0. The van der Waals surface area contributed by atoms with Gasteiger partial charge in [-0.05, 0) is 13.0 Å². The van der Waals surface area contributed by atoms with Crippen molar-refractivity contribution in [1.82, 2.24) is 5.32 Å². The van der Waals surface area contributed by atoms with Crippen LogP contribution < -0.4 is 10.2 Å². The zero-order valence-electron chi connectivity index (χ0n) is 9.40. The minimum Gasteiger partial charge on any atom is -0.395 e. The number of anilines is 1. The Morgan fingerprint density at radius 1 is 1.53 bits per heavy atom. The van der Waals surface area contributed by atoms with E-state index in [0.717, 1.165) is 12.2 Å². The van der Waals surface area contributed by atoms with Crippen LogP contribution in [0.1, 0.15) is 6.92 Å². The Labute approximate surface area is 91.7 Å². The standard InChI is InChI=1S/C12H19N2O/c1-11(13-8-9-15)10-14(2)12-6-4-3-5-7-12/h3-6,11,13,15H,8-10H2,1-2H3. The average Bonchev–Trinajstić information content (AvgIpc) is 2.27. The second-order valence-corrected chi connectivity index (χ2v) is 3.71. The van der Waals surface area contributed by atoms with Gasteiger partial charge in [-0.2, -0.15) is 0 Å². The van der Waals surface area contributed by atoms with Crippen LogP contribution >= 0.6 is 0 Å². The molecule has 0 aromatic heterocycles. The molecule has 0 aliphatic carbocycles. The third-order valence-electron chi connectivity index (χ3n) is 2.26. The maximum atomic E-state index is 8.68. The van der Waals surface area contributed by atoms with Crippen LogP contribution in [0.3, 0.4) is 0 Å². The van der Waals surface area contributed by atoms with E-state index in [4.69, 9.17) is 5.11 Å². The van der Waals surface area contributed by atoms with Gasteiger partial charge in [0.25, 0.3) is 0 Å². The molecule has 1 aromatic rings. The molecule has 0 saturated carbocycles. The lowest BCUT2D eigenvalue weighted by Gasteiger charge is -2.23. The Kier molecular flexibility index (Phi) is 5.15. The SMILES string of the molecule is CC(CN(C)c1[c]cccc1)NCCO. The zero-order valence-corrected chi connectivity index (χ0v) is 9.40. The van der Waals surface area contributed by atoms with E-state index in [0.29, 0.717) is 12.6 Å². The smallest absolute Gasteiger partial charge is 0.0556 e. The molecule has 0 fully saturated rings. The summed E-state index contributed by atoms with van der Waals surface area (Å²) in [6.45, 7) is 3.84. The molecule has 0 saturated heterocycles. The Morgan fingerprint density at radius 2 is 2.33 bits per heavy atom. The molecule has 0 heterocycles. The largest absolute Gasteiger partial charge is 0.395 e. The maximum Gasteiger partial charge on any atom is 0.0556 e. The molecule has 0 aliphatic rings. The summed E-state index contributed by atoms with van der Waals surface area (Å²) in [6.07, 6.45) is 0. The molecule has 1 unspecified atom stereocenters. The van der Waals surface area contributed by atoms with Gasteiger partial charge < -0.3 is 15.3 Å². The van der Waals surface area contributed by atoms with E-state index in [1.807, 2.05) is 31.3 Å². The molecule has 0 amide bonds. The fourth-order valence-corrected chi connectivity index (χ4v) is 1.51. The quantitative estimate of drug-likeness (QED) is 0.727. The Bertz CT molecular complexity index is 264. The van der Waals surface area contributed by atoms with Crippen molar-refractivity contribution < 1.29 is 5.11 Å². The van der Waals surface area contributed by atoms with Crippen LogP contribution in [-0.4, -0.2) is 37.9 Å². The number of aliphatic hydroxyl groups is 1. The number of para-hydroxylation sites is 1. The highest BCUT2D eigenvalue weighted by atomic mass is 16.3. The number of aliphatic hydroxyl groups excluding tert-OH is 1. The molecule has 1 rings (SSSR count). The highest BCUT2D eigenvalue weighted by Gasteiger charge is 2.05. The molecular formula is C12H19N2O. The van der Waals surface area contributed by atoms with E-state index >= 15 is 0 Å². The van der Waals surface area contributed by atoms with Crippen molar-refractivity contribution >= 4 is 5.69 Å². The number of hydrogen-bond acceptors (Lipinski definition) is 3. The second-order valence-electron chi connectivity index (χ2n) is 3.71. The van der Waals surface area contributed by atoms with Gasteiger partial charge in [-0.1, -0.05) is 18.2 Å². The van der Waals surface area contributed by atoms with Gasteiger partial charge >= 0.3 is 0 Å². The summed E-state index contributed by atoms with van der Waals surface area (Å²) >= 11 is 0. The second kappa shape index (κ2) is 6.43. The van der Waals surface area contributed by atoms with E-state index in [2.05, 4.69) is 23.2 Å². The van der Waals surface area contributed by atoms with Gasteiger partial charge in [-0.25, -0.2) is 0 Å². The lowest BCUT2D eigenvalue weighted by atomic mass is 10.2. The normalized spacial score (nSPS) is 12.5. The molecule has 15 heavy (non-hydrogen) atoms. The first kappa shape index (κ1) is 12.0. The van der Waals surface area contributed by atoms with Gasteiger partial charge in [0.05, 0.1) is 6.61 Å². The van der Waals surface area contributed by atoms with E-state index in [9.17, 15) is 0 Å². The maximum absolute atomic E-state index is 8.68. The number of rotatable bonds is 6. The molecule has 1 aromatic carbocycles. The monoisotopic (exact) mass is 207 g/mol. The fourth-order valence-electron chi connectivity index (χ4n) is 1.51. The first-order valence-corrected chi connectivity index (χ1v) is 5.26. The highest BCUT2D eigenvalue weighted by molar-refractivity contribution is 5.43. The van der Waals surface area contributed by atoms with Crippen LogP contribution in [-0.2, 0) is 0 Å². The average molecular weight is 207 g/mol. The molecular weight excluding hydrogens is 188 g/mol. The Balaban J connectivity index is 2.38. The number of nitrogens with zero attached hydrogens (tertiary/aromatic N) is 1. The molecule has 3 heteroatoms. The van der Waals surface area contributed by atoms with Gasteiger partial charge in [0.2, 0.25) is 0 Å².